The number of carbonyl (C=O) groups excluding carboxylic acids is 1. The molecule has 0 aliphatic carbocycles. The van der Waals surface area contributed by atoms with Crippen molar-refractivity contribution in [1.29, 1.82) is 0 Å². The van der Waals surface area contributed by atoms with E-state index in [0.29, 0.717) is 0 Å². The Kier molecular flexibility index (Phi) is 4.21. The van der Waals surface area contributed by atoms with Gasteiger partial charge in [0.25, 0.3) is 6.43 Å². The summed E-state index contributed by atoms with van der Waals surface area (Å²) in [4.78, 5) is 10.6. The van der Waals surface area contributed by atoms with Gasteiger partial charge in [-0.25, -0.2) is 17.2 Å². The second-order valence-electron chi connectivity index (χ2n) is 3.36. The van der Waals surface area contributed by atoms with Gasteiger partial charge in [0, 0.05) is 6.26 Å². The van der Waals surface area contributed by atoms with Crippen LogP contribution < -0.4 is 0 Å². The first kappa shape index (κ1) is 14.0. The SMILES string of the molecule is CS(=O)(=O)CCn1nc(C(F)F)c(C=O)c1Cl. The Morgan fingerprint density at radius 1 is 1.53 bits per heavy atom. The Hall–Kier alpha value is -1.02. The van der Waals surface area contributed by atoms with E-state index in [0.717, 1.165) is 10.9 Å². The summed E-state index contributed by atoms with van der Waals surface area (Å²) in [6, 6.07) is 0. The van der Waals surface area contributed by atoms with E-state index in [1.54, 1.807) is 0 Å². The van der Waals surface area contributed by atoms with Crippen molar-refractivity contribution in [3.8, 4) is 0 Å². The first-order valence-corrected chi connectivity index (χ1v) is 6.87. The predicted molar refractivity (Wildman–Crippen MR) is 57.3 cm³/mol. The maximum Gasteiger partial charge on any atom is 0.282 e. The smallest absolute Gasteiger partial charge is 0.282 e. The minimum Gasteiger partial charge on any atom is -0.298 e. The molecule has 0 bridgehead atoms. The fraction of sp³-hybridized carbons (Fsp3) is 0.500. The van der Waals surface area contributed by atoms with Crippen molar-refractivity contribution in [1.82, 2.24) is 9.78 Å². The van der Waals surface area contributed by atoms with Crippen LogP contribution in [-0.2, 0) is 16.4 Å². The third-order valence-electron chi connectivity index (χ3n) is 1.95. The van der Waals surface area contributed by atoms with Gasteiger partial charge in [0.15, 0.2) is 6.29 Å². The van der Waals surface area contributed by atoms with E-state index in [-0.39, 0.29) is 23.7 Å². The third kappa shape index (κ3) is 3.47. The van der Waals surface area contributed by atoms with Gasteiger partial charge < -0.3 is 0 Å². The number of hydrogen-bond acceptors (Lipinski definition) is 4. The number of aldehydes is 1. The van der Waals surface area contributed by atoms with Gasteiger partial charge in [0.1, 0.15) is 20.7 Å². The zero-order valence-electron chi connectivity index (χ0n) is 8.73. The summed E-state index contributed by atoms with van der Waals surface area (Å²) in [6.45, 7) is -0.175. The lowest BCUT2D eigenvalue weighted by molar-refractivity contribution is 0.110. The van der Waals surface area contributed by atoms with E-state index >= 15 is 0 Å². The van der Waals surface area contributed by atoms with Crippen LogP contribution in [0.15, 0.2) is 0 Å². The molecule has 0 unspecified atom stereocenters. The Bertz CT molecular complexity index is 527. The van der Waals surface area contributed by atoms with Crippen molar-refractivity contribution < 1.29 is 22.0 Å². The van der Waals surface area contributed by atoms with E-state index in [1.807, 2.05) is 0 Å². The number of hydrogen-bond donors (Lipinski definition) is 0. The highest BCUT2D eigenvalue weighted by Gasteiger charge is 2.23. The number of alkyl halides is 2. The van der Waals surface area contributed by atoms with Crippen LogP contribution in [-0.4, -0.2) is 36.5 Å². The number of aryl methyl sites for hydroxylation is 1. The first-order valence-electron chi connectivity index (χ1n) is 4.43. The van der Waals surface area contributed by atoms with Crippen molar-refractivity contribution in [3.05, 3.63) is 16.4 Å². The monoisotopic (exact) mass is 286 g/mol. The van der Waals surface area contributed by atoms with Crippen LogP contribution in [0.4, 0.5) is 8.78 Å². The fourth-order valence-electron chi connectivity index (χ4n) is 1.14. The molecule has 1 heterocycles. The number of halogens is 3. The zero-order chi connectivity index (χ0) is 13.2. The van der Waals surface area contributed by atoms with E-state index in [1.165, 1.54) is 0 Å². The van der Waals surface area contributed by atoms with E-state index in [2.05, 4.69) is 5.10 Å². The average Bonchev–Trinajstić information content (AvgIpc) is 2.51. The van der Waals surface area contributed by atoms with Crippen LogP contribution in [0.2, 0.25) is 5.15 Å². The van der Waals surface area contributed by atoms with Crippen LogP contribution in [0.5, 0.6) is 0 Å². The van der Waals surface area contributed by atoms with Crippen LogP contribution >= 0.6 is 11.6 Å². The molecule has 17 heavy (non-hydrogen) atoms. The standard InChI is InChI=1S/C8H9ClF2N2O3S/c1-17(15,16)3-2-13-7(9)5(4-14)6(12-13)8(10)11/h4,8H,2-3H2,1H3. The molecule has 9 heteroatoms. The zero-order valence-corrected chi connectivity index (χ0v) is 10.3. The summed E-state index contributed by atoms with van der Waals surface area (Å²) in [6.07, 6.45) is -1.76. The van der Waals surface area contributed by atoms with E-state index < -0.39 is 27.5 Å². The average molecular weight is 287 g/mol. The molecule has 0 saturated heterocycles. The van der Waals surface area contributed by atoms with Gasteiger partial charge in [-0.2, -0.15) is 5.10 Å². The van der Waals surface area contributed by atoms with Crippen LogP contribution in [0.3, 0.4) is 0 Å². The molecular weight excluding hydrogens is 278 g/mol. The second kappa shape index (κ2) is 5.09. The largest absolute Gasteiger partial charge is 0.298 e. The van der Waals surface area contributed by atoms with Gasteiger partial charge in [-0.15, -0.1) is 0 Å². The lowest BCUT2D eigenvalue weighted by atomic mass is 10.3. The maximum atomic E-state index is 12.5. The molecule has 5 nitrogen and oxygen atoms in total. The van der Waals surface area contributed by atoms with Gasteiger partial charge in [0.2, 0.25) is 0 Å². The van der Waals surface area contributed by atoms with Gasteiger partial charge in [0.05, 0.1) is 17.9 Å². The first-order chi connectivity index (χ1) is 7.76. The molecule has 1 aromatic heterocycles. The van der Waals surface area contributed by atoms with Crippen molar-refractivity contribution in [2.45, 2.75) is 13.0 Å². The summed E-state index contributed by atoms with van der Waals surface area (Å²) < 4.78 is 47.6. The highest BCUT2D eigenvalue weighted by molar-refractivity contribution is 7.90. The minimum atomic E-state index is -3.26. The lowest BCUT2D eigenvalue weighted by Crippen LogP contribution is -2.12. The Labute approximate surface area is 101 Å². The fourth-order valence-corrected chi connectivity index (χ4v) is 1.91. The number of sulfone groups is 1. The molecule has 1 rings (SSSR count). The Morgan fingerprint density at radius 3 is 2.47 bits per heavy atom. The number of carbonyl (C=O) groups is 1. The molecule has 0 amide bonds. The van der Waals surface area contributed by atoms with Crippen molar-refractivity contribution >= 4 is 27.7 Å². The van der Waals surface area contributed by atoms with E-state index in [9.17, 15) is 22.0 Å². The highest BCUT2D eigenvalue weighted by atomic mass is 35.5. The summed E-state index contributed by atoms with van der Waals surface area (Å²) in [5, 5.41) is 3.14. The predicted octanol–water partition coefficient (Wildman–Crippen LogP) is 1.33. The van der Waals surface area contributed by atoms with Crippen LogP contribution in [0, 0.1) is 0 Å². The van der Waals surface area contributed by atoms with Gasteiger partial charge >= 0.3 is 0 Å². The number of aromatic nitrogens is 2. The number of nitrogens with zero attached hydrogens (tertiary/aromatic N) is 2. The molecule has 0 atom stereocenters. The third-order valence-corrected chi connectivity index (χ3v) is 3.27. The van der Waals surface area contributed by atoms with Crippen molar-refractivity contribution in [3.63, 3.8) is 0 Å². The Morgan fingerprint density at radius 2 is 2.12 bits per heavy atom. The molecule has 0 fully saturated rings. The molecule has 0 radical (unpaired) electrons. The summed E-state index contributed by atoms with van der Waals surface area (Å²) in [5.41, 5.74) is -1.14. The molecule has 0 N–H and O–H groups in total. The Balaban J connectivity index is 3.06. The van der Waals surface area contributed by atoms with Gasteiger partial charge in [-0.1, -0.05) is 11.6 Å². The topological polar surface area (TPSA) is 69.0 Å². The lowest BCUT2D eigenvalue weighted by Gasteiger charge is -2.01. The molecule has 0 spiro atoms. The van der Waals surface area contributed by atoms with Crippen molar-refractivity contribution in [2.24, 2.45) is 0 Å². The maximum absolute atomic E-state index is 12.5. The molecule has 1 aromatic rings. The molecule has 0 aromatic carbocycles. The summed E-state index contributed by atoms with van der Waals surface area (Å²) in [5.74, 6) is -0.296. The molecular formula is C8H9ClF2N2O3S. The summed E-state index contributed by atoms with van der Waals surface area (Å²) >= 11 is 5.64. The van der Waals surface area contributed by atoms with Gasteiger partial charge in [-0.3, -0.25) is 9.48 Å². The quantitative estimate of drug-likeness (QED) is 0.766. The second-order valence-corrected chi connectivity index (χ2v) is 5.98. The van der Waals surface area contributed by atoms with Crippen LogP contribution in [0.25, 0.3) is 0 Å². The molecule has 96 valence electrons. The normalized spacial score (nSPS) is 12.1. The minimum absolute atomic E-state index is 0.174. The van der Waals surface area contributed by atoms with E-state index in [4.69, 9.17) is 11.6 Å². The molecule has 0 saturated carbocycles. The van der Waals surface area contributed by atoms with Gasteiger partial charge in [-0.05, 0) is 0 Å². The molecule has 0 aliphatic rings. The highest BCUT2D eigenvalue weighted by Crippen LogP contribution is 2.26. The number of rotatable bonds is 5. The summed E-state index contributed by atoms with van der Waals surface area (Å²) in [7, 11) is -3.26. The van der Waals surface area contributed by atoms with Crippen molar-refractivity contribution in [2.75, 3.05) is 12.0 Å². The molecule has 0 aliphatic heterocycles. The van der Waals surface area contributed by atoms with Crippen LogP contribution in [0.1, 0.15) is 22.5 Å².